The molecule has 0 radical (unpaired) electrons. The van der Waals surface area contributed by atoms with Crippen molar-refractivity contribution in [2.45, 2.75) is 19.4 Å². The number of carbonyl (C=O) groups is 1. The summed E-state index contributed by atoms with van der Waals surface area (Å²) < 4.78 is 18.3. The van der Waals surface area contributed by atoms with E-state index in [0.717, 1.165) is 11.3 Å². The van der Waals surface area contributed by atoms with E-state index in [1.807, 2.05) is 19.2 Å². The average Bonchev–Trinajstić information content (AvgIpc) is 3.02. The standard InChI is InChI=1S/C17H21N3O4/c1-20-13(5-6-19-20)3-4-17(21)18-11-12-9-15-16(10-14(12)22-2)24-8-7-23-15/h5-6,9-10H,3-4,7-8,11H2,1-2H3,(H,18,21). The van der Waals surface area contributed by atoms with Crippen LogP contribution in [-0.2, 0) is 24.8 Å². The van der Waals surface area contributed by atoms with Crippen molar-refractivity contribution in [1.29, 1.82) is 0 Å². The Bertz CT molecular complexity index is 727. The predicted octanol–water partition coefficient (Wildman–Crippen LogP) is 1.45. The Hall–Kier alpha value is -2.70. The van der Waals surface area contributed by atoms with Crippen LogP contribution in [-0.4, -0.2) is 36.0 Å². The number of nitrogens with one attached hydrogen (secondary N) is 1. The van der Waals surface area contributed by atoms with Gasteiger partial charge in [0.2, 0.25) is 5.91 Å². The van der Waals surface area contributed by atoms with E-state index in [2.05, 4.69) is 10.4 Å². The second-order valence-corrected chi connectivity index (χ2v) is 5.53. The number of fused-ring (bicyclic) bond motifs is 1. The first-order valence-electron chi connectivity index (χ1n) is 7.87. The number of amides is 1. The summed E-state index contributed by atoms with van der Waals surface area (Å²) in [6.45, 7) is 1.43. The fourth-order valence-electron chi connectivity index (χ4n) is 2.61. The Kier molecular flexibility index (Phi) is 4.88. The molecule has 0 saturated carbocycles. The van der Waals surface area contributed by atoms with Gasteiger partial charge >= 0.3 is 0 Å². The van der Waals surface area contributed by atoms with Crippen LogP contribution in [0.1, 0.15) is 17.7 Å². The highest BCUT2D eigenvalue weighted by molar-refractivity contribution is 5.76. The number of hydrogen-bond acceptors (Lipinski definition) is 5. The molecule has 1 N–H and O–H groups in total. The Morgan fingerprint density at radius 1 is 1.33 bits per heavy atom. The molecule has 1 aromatic heterocycles. The topological polar surface area (TPSA) is 74.6 Å². The maximum absolute atomic E-state index is 12.1. The molecule has 0 saturated heterocycles. The van der Waals surface area contributed by atoms with Crippen LogP contribution in [0.4, 0.5) is 0 Å². The molecule has 0 atom stereocenters. The molecule has 1 aromatic carbocycles. The van der Waals surface area contributed by atoms with Gasteiger partial charge in [-0.05, 0) is 18.6 Å². The van der Waals surface area contributed by atoms with Crippen LogP contribution in [0.2, 0.25) is 0 Å². The summed E-state index contributed by atoms with van der Waals surface area (Å²) in [5.41, 5.74) is 1.89. The summed E-state index contributed by atoms with van der Waals surface area (Å²) in [6.07, 6.45) is 2.79. The number of aromatic nitrogens is 2. The molecule has 128 valence electrons. The first-order chi connectivity index (χ1) is 11.7. The Labute approximate surface area is 140 Å². The fourth-order valence-corrected chi connectivity index (χ4v) is 2.61. The lowest BCUT2D eigenvalue weighted by Crippen LogP contribution is -2.24. The lowest BCUT2D eigenvalue weighted by atomic mass is 10.1. The number of aryl methyl sites for hydroxylation is 2. The number of carbonyl (C=O) groups excluding carboxylic acids is 1. The number of hydrogen-bond donors (Lipinski definition) is 1. The molecular weight excluding hydrogens is 310 g/mol. The zero-order valence-corrected chi connectivity index (χ0v) is 13.9. The second-order valence-electron chi connectivity index (χ2n) is 5.53. The fraction of sp³-hybridized carbons (Fsp3) is 0.412. The van der Waals surface area contributed by atoms with Crippen molar-refractivity contribution in [3.8, 4) is 17.2 Å². The van der Waals surface area contributed by atoms with E-state index in [1.165, 1.54) is 0 Å². The number of nitrogens with zero attached hydrogens (tertiary/aromatic N) is 2. The number of methoxy groups -OCH3 is 1. The molecular formula is C17H21N3O4. The van der Waals surface area contributed by atoms with Crippen LogP contribution in [0.3, 0.4) is 0 Å². The van der Waals surface area contributed by atoms with Gasteiger partial charge < -0.3 is 19.5 Å². The minimum Gasteiger partial charge on any atom is -0.496 e. The van der Waals surface area contributed by atoms with Gasteiger partial charge in [-0.3, -0.25) is 9.48 Å². The SMILES string of the molecule is COc1cc2c(cc1CNC(=O)CCc1ccnn1C)OCCO2. The Balaban J connectivity index is 1.59. The number of benzene rings is 1. The normalized spacial score (nSPS) is 12.8. The second kappa shape index (κ2) is 7.25. The predicted molar refractivity (Wildman–Crippen MR) is 87.4 cm³/mol. The molecule has 7 heteroatoms. The minimum absolute atomic E-state index is 0.0202. The molecule has 1 aliphatic heterocycles. The third-order valence-electron chi connectivity index (χ3n) is 3.95. The molecule has 1 amide bonds. The van der Waals surface area contributed by atoms with Gasteiger partial charge in [-0.2, -0.15) is 5.10 Å². The molecule has 1 aliphatic rings. The van der Waals surface area contributed by atoms with Crippen LogP contribution in [0.5, 0.6) is 17.2 Å². The van der Waals surface area contributed by atoms with E-state index < -0.39 is 0 Å². The summed E-state index contributed by atoms with van der Waals surface area (Å²) in [4.78, 5) is 12.1. The van der Waals surface area contributed by atoms with Gasteiger partial charge in [0.25, 0.3) is 0 Å². The highest BCUT2D eigenvalue weighted by Crippen LogP contribution is 2.36. The van der Waals surface area contributed by atoms with Crippen molar-refractivity contribution >= 4 is 5.91 Å². The third kappa shape index (κ3) is 3.61. The monoisotopic (exact) mass is 331 g/mol. The van der Waals surface area contributed by atoms with E-state index in [-0.39, 0.29) is 5.91 Å². The zero-order valence-electron chi connectivity index (χ0n) is 13.9. The first kappa shape index (κ1) is 16.2. The zero-order chi connectivity index (χ0) is 16.9. The lowest BCUT2D eigenvalue weighted by molar-refractivity contribution is -0.121. The van der Waals surface area contributed by atoms with Crippen LogP contribution in [0.15, 0.2) is 24.4 Å². The van der Waals surface area contributed by atoms with Gasteiger partial charge in [0, 0.05) is 43.5 Å². The molecule has 0 aliphatic carbocycles. The summed E-state index contributed by atoms with van der Waals surface area (Å²) >= 11 is 0. The number of ether oxygens (including phenoxy) is 3. The van der Waals surface area contributed by atoms with Crippen LogP contribution >= 0.6 is 0 Å². The summed E-state index contributed by atoms with van der Waals surface area (Å²) in [5, 5.41) is 7.01. The van der Waals surface area contributed by atoms with Gasteiger partial charge in [-0.1, -0.05) is 0 Å². The quantitative estimate of drug-likeness (QED) is 0.867. The van der Waals surface area contributed by atoms with Crippen molar-refractivity contribution in [1.82, 2.24) is 15.1 Å². The summed E-state index contributed by atoms with van der Waals surface area (Å²) in [7, 11) is 3.46. The van der Waals surface area contributed by atoms with Gasteiger partial charge in [0.05, 0.1) is 7.11 Å². The smallest absolute Gasteiger partial charge is 0.220 e. The van der Waals surface area contributed by atoms with Crippen LogP contribution in [0.25, 0.3) is 0 Å². The van der Waals surface area contributed by atoms with Crippen LogP contribution in [0, 0.1) is 0 Å². The van der Waals surface area contributed by atoms with Crippen LogP contribution < -0.4 is 19.5 Å². The van der Waals surface area contributed by atoms with E-state index in [0.29, 0.717) is 49.8 Å². The molecule has 24 heavy (non-hydrogen) atoms. The third-order valence-corrected chi connectivity index (χ3v) is 3.95. The van der Waals surface area contributed by atoms with E-state index in [4.69, 9.17) is 14.2 Å². The van der Waals surface area contributed by atoms with E-state index in [1.54, 1.807) is 24.1 Å². The molecule has 3 rings (SSSR count). The Morgan fingerprint density at radius 2 is 2.08 bits per heavy atom. The van der Waals surface area contributed by atoms with Crippen molar-refractivity contribution < 1.29 is 19.0 Å². The highest BCUT2D eigenvalue weighted by atomic mass is 16.6. The van der Waals surface area contributed by atoms with Crippen molar-refractivity contribution in [3.05, 3.63) is 35.7 Å². The molecule has 2 aromatic rings. The average molecular weight is 331 g/mol. The van der Waals surface area contributed by atoms with E-state index >= 15 is 0 Å². The molecule has 0 bridgehead atoms. The van der Waals surface area contributed by atoms with Gasteiger partial charge in [0.1, 0.15) is 19.0 Å². The molecule has 0 fully saturated rings. The molecule has 0 unspecified atom stereocenters. The largest absolute Gasteiger partial charge is 0.496 e. The maximum atomic E-state index is 12.1. The van der Waals surface area contributed by atoms with Gasteiger partial charge in [0.15, 0.2) is 11.5 Å². The lowest BCUT2D eigenvalue weighted by Gasteiger charge is -2.20. The van der Waals surface area contributed by atoms with Gasteiger partial charge in [-0.25, -0.2) is 0 Å². The maximum Gasteiger partial charge on any atom is 0.220 e. The first-order valence-corrected chi connectivity index (χ1v) is 7.87. The minimum atomic E-state index is -0.0202. The van der Waals surface area contributed by atoms with Crippen molar-refractivity contribution in [3.63, 3.8) is 0 Å². The highest BCUT2D eigenvalue weighted by Gasteiger charge is 2.16. The molecule has 7 nitrogen and oxygen atoms in total. The summed E-state index contributed by atoms with van der Waals surface area (Å²) in [6, 6.07) is 5.57. The summed E-state index contributed by atoms with van der Waals surface area (Å²) in [5.74, 6) is 2.00. The molecule has 2 heterocycles. The van der Waals surface area contributed by atoms with Crippen molar-refractivity contribution in [2.24, 2.45) is 7.05 Å². The van der Waals surface area contributed by atoms with Crippen molar-refractivity contribution in [2.75, 3.05) is 20.3 Å². The van der Waals surface area contributed by atoms with E-state index in [9.17, 15) is 4.79 Å². The number of rotatable bonds is 6. The Morgan fingerprint density at radius 3 is 2.75 bits per heavy atom. The van der Waals surface area contributed by atoms with Gasteiger partial charge in [-0.15, -0.1) is 0 Å². The molecule has 0 spiro atoms.